The number of thioether (sulfide) groups is 1. The van der Waals surface area contributed by atoms with Gasteiger partial charge < -0.3 is 9.73 Å². The molecule has 1 aromatic heterocycles. The summed E-state index contributed by atoms with van der Waals surface area (Å²) < 4.78 is 5.60. The number of fused-ring (bicyclic) bond motifs is 2. The van der Waals surface area contributed by atoms with Crippen LogP contribution in [0.1, 0.15) is 48.2 Å². The van der Waals surface area contributed by atoms with E-state index in [2.05, 4.69) is 23.5 Å². The van der Waals surface area contributed by atoms with Gasteiger partial charge in [-0.3, -0.25) is 0 Å². The summed E-state index contributed by atoms with van der Waals surface area (Å²) in [5.74, 6) is 2.33. The molecule has 1 N–H and O–H groups in total. The Hall–Kier alpha value is -0.900. The highest BCUT2D eigenvalue weighted by molar-refractivity contribution is 7.99. The Morgan fingerprint density at radius 1 is 1.14 bits per heavy atom. The SMILES string of the molecule is Clc1ccc2c(c1)C(NC1CCCc3occc31)CCS2. The summed E-state index contributed by atoms with van der Waals surface area (Å²) in [4.78, 5) is 1.37. The Morgan fingerprint density at radius 2 is 2.05 bits per heavy atom. The third-order valence-electron chi connectivity index (χ3n) is 4.47. The summed E-state index contributed by atoms with van der Waals surface area (Å²) in [6, 6.07) is 9.20. The average Bonchev–Trinajstić information content (AvgIpc) is 2.97. The molecule has 2 heterocycles. The minimum atomic E-state index is 0.394. The zero-order valence-corrected chi connectivity index (χ0v) is 13.3. The van der Waals surface area contributed by atoms with E-state index in [0.717, 1.165) is 29.4 Å². The Bertz CT molecular complexity index is 654. The highest BCUT2D eigenvalue weighted by Gasteiger charge is 2.28. The van der Waals surface area contributed by atoms with E-state index in [4.69, 9.17) is 16.0 Å². The second kappa shape index (κ2) is 5.71. The molecule has 21 heavy (non-hydrogen) atoms. The normalized spacial score (nSPS) is 24.4. The van der Waals surface area contributed by atoms with Crippen LogP contribution in [0.5, 0.6) is 0 Å². The van der Waals surface area contributed by atoms with Gasteiger partial charge in [-0.2, -0.15) is 0 Å². The average molecular weight is 320 g/mol. The van der Waals surface area contributed by atoms with E-state index >= 15 is 0 Å². The van der Waals surface area contributed by atoms with Crippen molar-refractivity contribution < 1.29 is 4.42 Å². The fourth-order valence-electron chi connectivity index (χ4n) is 3.44. The van der Waals surface area contributed by atoms with Gasteiger partial charge in [0, 0.05) is 34.0 Å². The van der Waals surface area contributed by atoms with Gasteiger partial charge >= 0.3 is 0 Å². The third kappa shape index (κ3) is 2.63. The lowest BCUT2D eigenvalue weighted by atomic mass is 9.91. The van der Waals surface area contributed by atoms with Crippen molar-refractivity contribution in [3.8, 4) is 0 Å². The summed E-state index contributed by atoms with van der Waals surface area (Å²) in [5.41, 5.74) is 2.71. The molecule has 0 saturated carbocycles. The van der Waals surface area contributed by atoms with Crippen molar-refractivity contribution >= 4 is 23.4 Å². The van der Waals surface area contributed by atoms with Gasteiger partial charge in [-0.25, -0.2) is 0 Å². The lowest BCUT2D eigenvalue weighted by Crippen LogP contribution is -2.30. The highest BCUT2D eigenvalue weighted by Crippen LogP contribution is 2.40. The van der Waals surface area contributed by atoms with Crippen molar-refractivity contribution in [1.29, 1.82) is 0 Å². The number of aryl methyl sites for hydroxylation is 1. The molecule has 4 rings (SSSR count). The van der Waals surface area contributed by atoms with E-state index in [-0.39, 0.29) is 0 Å². The van der Waals surface area contributed by atoms with Crippen LogP contribution in [0.3, 0.4) is 0 Å². The van der Waals surface area contributed by atoms with Gasteiger partial charge in [-0.1, -0.05) is 11.6 Å². The molecule has 0 bridgehead atoms. The molecule has 0 amide bonds. The van der Waals surface area contributed by atoms with Gasteiger partial charge in [0.15, 0.2) is 0 Å². The number of rotatable bonds is 2. The number of nitrogens with one attached hydrogen (secondary N) is 1. The molecule has 0 spiro atoms. The summed E-state index contributed by atoms with van der Waals surface area (Å²) >= 11 is 8.13. The molecule has 2 aliphatic rings. The molecule has 2 atom stereocenters. The minimum Gasteiger partial charge on any atom is -0.469 e. The second-order valence-electron chi connectivity index (χ2n) is 5.78. The first-order valence-corrected chi connectivity index (χ1v) is 8.92. The smallest absolute Gasteiger partial charge is 0.108 e. The monoisotopic (exact) mass is 319 g/mol. The lowest BCUT2D eigenvalue weighted by Gasteiger charge is -2.32. The van der Waals surface area contributed by atoms with Gasteiger partial charge in [0.25, 0.3) is 0 Å². The van der Waals surface area contributed by atoms with Crippen molar-refractivity contribution in [2.24, 2.45) is 0 Å². The van der Waals surface area contributed by atoms with Crippen LogP contribution in [-0.4, -0.2) is 5.75 Å². The Morgan fingerprint density at radius 3 is 3.00 bits per heavy atom. The molecule has 2 nitrogen and oxygen atoms in total. The molecule has 2 aromatic rings. The van der Waals surface area contributed by atoms with Crippen molar-refractivity contribution in [1.82, 2.24) is 5.32 Å². The van der Waals surface area contributed by atoms with Crippen LogP contribution in [-0.2, 0) is 6.42 Å². The maximum Gasteiger partial charge on any atom is 0.108 e. The number of benzene rings is 1. The molecule has 0 saturated heterocycles. The van der Waals surface area contributed by atoms with Gasteiger partial charge in [-0.15, -0.1) is 11.8 Å². The zero-order chi connectivity index (χ0) is 14.2. The quantitative estimate of drug-likeness (QED) is 0.830. The van der Waals surface area contributed by atoms with E-state index in [0.29, 0.717) is 12.1 Å². The highest BCUT2D eigenvalue weighted by atomic mass is 35.5. The molecule has 1 aromatic carbocycles. The standard InChI is InChI=1S/C17H18ClNOS/c18-11-4-5-17-13(10-11)15(7-9-21-17)19-14-2-1-3-16-12(14)6-8-20-16/h4-6,8,10,14-15,19H,1-3,7,9H2. The van der Waals surface area contributed by atoms with Gasteiger partial charge in [0.2, 0.25) is 0 Å². The molecule has 4 heteroatoms. The van der Waals surface area contributed by atoms with Crippen LogP contribution < -0.4 is 5.32 Å². The number of hydrogen-bond acceptors (Lipinski definition) is 3. The summed E-state index contributed by atoms with van der Waals surface area (Å²) in [5, 5.41) is 4.68. The Balaban J connectivity index is 1.61. The summed E-state index contributed by atoms with van der Waals surface area (Å²) in [6.45, 7) is 0. The first kappa shape index (κ1) is 13.7. The zero-order valence-electron chi connectivity index (χ0n) is 11.8. The van der Waals surface area contributed by atoms with Crippen LogP contribution in [0.4, 0.5) is 0 Å². The van der Waals surface area contributed by atoms with E-state index in [1.807, 2.05) is 24.1 Å². The fraction of sp³-hybridized carbons (Fsp3) is 0.412. The van der Waals surface area contributed by atoms with Crippen molar-refractivity contribution in [2.75, 3.05) is 5.75 Å². The second-order valence-corrected chi connectivity index (χ2v) is 7.36. The van der Waals surface area contributed by atoms with Crippen LogP contribution in [0.2, 0.25) is 5.02 Å². The topological polar surface area (TPSA) is 25.2 Å². The van der Waals surface area contributed by atoms with E-state index in [1.165, 1.54) is 28.9 Å². The van der Waals surface area contributed by atoms with Gasteiger partial charge in [0.1, 0.15) is 5.76 Å². The number of halogens is 1. The number of furan rings is 1. The first-order chi connectivity index (χ1) is 10.3. The molecular formula is C17H18ClNOS. The summed E-state index contributed by atoms with van der Waals surface area (Å²) in [6.07, 6.45) is 6.44. The Labute approximate surface area is 134 Å². The molecule has 110 valence electrons. The lowest BCUT2D eigenvalue weighted by molar-refractivity contribution is 0.368. The third-order valence-corrected chi connectivity index (χ3v) is 5.82. The van der Waals surface area contributed by atoms with Crippen LogP contribution >= 0.6 is 23.4 Å². The van der Waals surface area contributed by atoms with Gasteiger partial charge in [0.05, 0.1) is 6.26 Å². The Kier molecular flexibility index (Phi) is 3.74. The van der Waals surface area contributed by atoms with Crippen LogP contribution in [0.25, 0.3) is 0 Å². The first-order valence-electron chi connectivity index (χ1n) is 7.56. The molecule has 0 radical (unpaired) electrons. The molecule has 2 unspecified atom stereocenters. The molecule has 1 aliphatic heterocycles. The maximum atomic E-state index is 6.20. The maximum absolute atomic E-state index is 6.20. The van der Waals surface area contributed by atoms with E-state index in [1.54, 1.807) is 0 Å². The van der Waals surface area contributed by atoms with Crippen LogP contribution in [0, 0.1) is 0 Å². The van der Waals surface area contributed by atoms with Crippen LogP contribution in [0.15, 0.2) is 39.8 Å². The molecule has 0 fully saturated rings. The predicted octanol–water partition coefficient (Wildman–Crippen LogP) is 5.14. The van der Waals surface area contributed by atoms with E-state index < -0.39 is 0 Å². The molecule has 1 aliphatic carbocycles. The minimum absolute atomic E-state index is 0.394. The summed E-state index contributed by atoms with van der Waals surface area (Å²) in [7, 11) is 0. The fourth-order valence-corrected chi connectivity index (χ4v) is 4.73. The number of hydrogen-bond donors (Lipinski definition) is 1. The van der Waals surface area contributed by atoms with Crippen molar-refractivity contribution in [2.45, 2.75) is 42.7 Å². The molecular weight excluding hydrogens is 302 g/mol. The van der Waals surface area contributed by atoms with Crippen molar-refractivity contribution in [3.63, 3.8) is 0 Å². The van der Waals surface area contributed by atoms with E-state index in [9.17, 15) is 0 Å². The largest absolute Gasteiger partial charge is 0.469 e. The van der Waals surface area contributed by atoms with Crippen molar-refractivity contribution in [3.05, 3.63) is 52.4 Å². The van der Waals surface area contributed by atoms with Gasteiger partial charge in [-0.05, 0) is 54.8 Å². The predicted molar refractivity (Wildman–Crippen MR) is 87.1 cm³/mol.